The molecule has 188 valence electrons. The molecule has 0 fully saturated rings. The number of ether oxygens (including phenoxy) is 2. The number of amides is 2. The topological polar surface area (TPSA) is 98.1 Å². The summed E-state index contributed by atoms with van der Waals surface area (Å²) < 4.78 is 30.1. The molecule has 0 radical (unpaired) electrons. The van der Waals surface area contributed by atoms with Gasteiger partial charge in [0.15, 0.2) is 24.8 Å². The minimum Gasteiger partial charge on any atom is -0.485 e. The number of carbonyl (C=O) groups excluding carboxylic acids is 3. The number of anilines is 1. The van der Waals surface area contributed by atoms with Crippen LogP contribution >= 0.6 is 0 Å². The van der Waals surface area contributed by atoms with E-state index in [-0.39, 0.29) is 48.9 Å². The zero-order chi connectivity index (χ0) is 25.8. The van der Waals surface area contributed by atoms with Gasteiger partial charge in [-0.05, 0) is 66.9 Å². The van der Waals surface area contributed by atoms with E-state index in [1.165, 1.54) is 23.1 Å². The first kappa shape index (κ1) is 25.0. The Labute approximate surface area is 208 Å². The quantitative estimate of drug-likeness (QED) is 0.446. The van der Waals surface area contributed by atoms with Crippen molar-refractivity contribution in [3.63, 3.8) is 0 Å². The fourth-order valence-electron chi connectivity index (χ4n) is 3.68. The number of furan rings is 1. The molecule has 1 aromatic heterocycles. The van der Waals surface area contributed by atoms with Crippen molar-refractivity contribution < 1.29 is 32.7 Å². The van der Waals surface area contributed by atoms with Crippen LogP contribution in [0.3, 0.4) is 0 Å². The van der Waals surface area contributed by atoms with Crippen LogP contribution in [0.15, 0.2) is 52.9 Å². The average Bonchev–Trinajstić information content (AvgIpc) is 3.32. The second-order valence-electron chi connectivity index (χ2n) is 8.94. The number of Topliss-reactive ketones (excluding diaryl/α,β-unsaturated/α-hetero) is 1. The van der Waals surface area contributed by atoms with Crippen molar-refractivity contribution in [1.29, 1.82) is 0 Å². The Morgan fingerprint density at radius 2 is 1.94 bits per heavy atom. The number of rotatable bonds is 9. The maximum Gasteiger partial charge on any atom is 0.287 e. The number of hydrogen-bond acceptors (Lipinski definition) is 6. The Hall–Kier alpha value is -4.14. The first-order valence-electron chi connectivity index (χ1n) is 11.6. The van der Waals surface area contributed by atoms with Crippen LogP contribution in [0.2, 0.25) is 0 Å². The lowest BCUT2D eigenvalue weighted by Gasteiger charge is -2.29. The zero-order valence-corrected chi connectivity index (χ0v) is 20.3. The van der Waals surface area contributed by atoms with Crippen LogP contribution in [0.1, 0.15) is 46.1 Å². The number of halogens is 1. The van der Waals surface area contributed by atoms with Crippen molar-refractivity contribution in [1.82, 2.24) is 5.32 Å². The lowest BCUT2D eigenvalue weighted by atomic mass is 10.1. The standard InChI is InChI=1S/C27H27FN2O6/c1-16(2)12-29-27(33)25-9-6-20(36-25)13-30-21-11-18(4-7-24(21)35-15-26(30)32)22(31)14-34-23-8-5-19(28)10-17(23)3/h4-11,16H,12-15H2,1-3H3,(H,29,33). The van der Waals surface area contributed by atoms with Crippen molar-refractivity contribution >= 4 is 23.3 Å². The van der Waals surface area contributed by atoms with E-state index in [1.807, 2.05) is 13.8 Å². The van der Waals surface area contributed by atoms with Crippen LogP contribution in [0.5, 0.6) is 11.5 Å². The Bertz CT molecular complexity index is 1300. The van der Waals surface area contributed by atoms with Gasteiger partial charge < -0.3 is 19.2 Å². The lowest BCUT2D eigenvalue weighted by Crippen LogP contribution is -2.38. The summed E-state index contributed by atoms with van der Waals surface area (Å²) in [5.41, 5.74) is 1.32. The number of hydrogen-bond donors (Lipinski definition) is 1. The summed E-state index contributed by atoms with van der Waals surface area (Å²) in [6.45, 7) is 5.84. The summed E-state index contributed by atoms with van der Waals surface area (Å²) >= 11 is 0. The van der Waals surface area contributed by atoms with Crippen LogP contribution in [0.4, 0.5) is 10.1 Å². The van der Waals surface area contributed by atoms with Gasteiger partial charge in [0.05, 0.1) is 12.2 Å². The molecule has 0 saturated heterocycles. The Kier molecular flexibility index (Phi) is 7.38. The average molecular weight is 495 g/mol. The number of fused-ring (bicyclic) bond motifs is 1. The van der Waals surface area contributed by atoms with E-state index in [4.69, 9.17) is 13.9 Å². The maximum atomic E-state index is 13.3. The van der Waals surface area contributed by atoms with E-state index in [9.17, 15) is 18.8 Å². The van der Waals surface area contributed by atoms with Gasteiger partial charge in [0.25, 0.3) is 11.8 Å². The second-order valence-corrected chi connectivity index (χ2v) is 8.94. The van der Waals surface area contributed by atoms with E-state index >= 15 is 0 Å². The third-order valence-corrected chi connectivity index (χ3v) is 5.59. The number of nitrogens with one attached hydrogen (secondary N) is 1. The summed E-state index contributed by atoms with van der Waals surface area (Å²) in [4.78, 5) is 39.2. The van der Waals surface area contributed by atoms with Crippen molar-refractivity contribution in [2.45, 2.75) is 27.3 Å². The summed E-state index contributed by atoms with van der Waals surface area (Å²) in [6, 6.07) is 12.0. The molecule has 1 aliphatic rings. The molecule has 2 aromatic carbocycles. The first-order chi connectivity index (χ1) is 17.2. The predicted octanol–water partition coefficient (Wildman–Crippen LogP) is 4.30. The highest BCUT2D eigenvalue weighted by Crippen LogP contribution is 2.34. The number of nitrogens with zero attached hydrogens (tertiary/aromatic N) is 1. The zero-order valence-electron chi connectivity index (χ0n) is 20.3. The predicted molar refractivity (Wildman–Crippen MR) is 130 cm³/mol. The minimum absolute atomic E-state index is 0.0651. The monoisotopic (exact) mass is 494 g/mol. The van der Waals surface area contributed by atoms with Gasteiger partial charge in [0.2, 0.25) is 0 Å². The van der Waals surface area contributed by atoms with E-state index in [0.717, 1.165) is 0 Å². The molecule has 4 rings (SSSR count). The molecule has 0 bridgehead atoms. The van der Waals surface area contributed by atoms with Crippen molar-refractivity contribution in [3.8, 4) is 11.5 Å². The Morgan fingerprint density at radius 3 is 2.69 bits per heavy atom. The van der Waals surface area contributed by atoms with Gasteiger partial charge in [-0.15, -0.1) is 0 Å². The molecule has 9 heteroatoms. The molecule has 2 heterocycles. The van der Waals surface area contributed by atoms with Gasteiger partial charge in [-0.1, -0.05) is 13.8 Å². The highest BCUT2D eigenvalue weighted by Gasteiger charge is 2.28. The fraction of sp³-hybridized carbons (Fsp3) is 0.296. The summed E-state index contributed by atoms with van der Waals surface area (Å²) in [6.07, 6.45) is 0. The summed E-state index contributed by atoms with van der Waals surface area (Å²) in [7, 11) is 0. The first-order valence-corrected chi connectivity index (χ1v) is 11.6. The number of benzene rings is 2. The highest BCUT2D eigenvalue weighted by molar-refractivity contribution is 6.02. The van der Waals surface area contributed by atoms with E-state index in [2.05, 4.69) is 5.32 Å². The molecule has 0 spiro atoms. The maximum absolute atomic E-state index is 13.3. The van der Waals surface area contributed by atoms with Crippen LogP contribution in [0.25, 0.3) is 0 Å². The molecule has 3 aromatic rings. The van der Waals surface area contributed by atoms with Crippen LogP contribution in [-0.2, 0) is 11.3 Å². The molecular weight excluding hydrogens is 467 g/mol. The van der Waals surface area contributed by atoms with Crippen molar-refractivity contribution in [2.75, 3.05) is 24.7 Å². The normalized spacial score (nSPS) is 12.8. The number of aryl methyl sites for hydroxylation is 1. The summed E-state index contributed by atoms with van der Waals surface area (Å²) in [5, 5.41) is 2.79. The number of ketones is 1. The van der Waals surface area contributed by atoms with Gasteiger partial charge in [-0.3, -0.25) is 19.3 Å². The molecule has 1 aliphatic heterocycles. The Balaban J connectivity index is 1.48. The smallest absolute Gasteiger partial charge is 0.287 e. The summed E-state index contributed by atoms with van der Waals surface area (Å²) in [5.74, 6) is 0.388. The van der Waals surface area contributed by atoms with Crippen LogP contribution in [0, 0.1) is 18.7 Å². The van der Waals surface area contributed by atoms with Gasteiger partial charge in [0, 0.05) is 12.1 Å². The van der Waals surface area contributed by atoms with Crippen LogP contribution < -0.4 is 19.7 Å². The van der Waals surface area contributed by atoms with Gasteiger partial charge >= 0.3 is 0 Å². The molecule has 0 unspecified atom stereocenters. The largest absolute Gasteiger partial charge is 0.485 e. The molecule has 2 amide bonds. The van der Waals surface area contributed by atoms with E-state index in [1.54, 1.807) is 37.3 Å². The minimum atomic E-state index is -0.384. The van der Waals surface area contributed by atoms with E-state index in [0.29, 0.717) is 46.5 Å². The van der Waals surface area contributed by atoms with Crippen LogP contribution in [-0.4, -0.2) is 37.4 Å². The molecule has 0 atom stereocenters. The highest BCUT2D eigenvalue weighted by atomic mass is 19.1. The van der Waals surface area contributed by atoms with E-state index < -0.39 is 0 Å². The third-order valence-electron chi connectivity index (χ3n) is 5.59. The van der Waals surface area contributed by atoms with Crippen molar-refractivity contribution in [3.05, 3.63) is 77.0 Å². The molecule has 0 aliphatic carbocycles. The van der Waals surface area contributed by atoms with Gasteiger partial charge in [-0.2, -0.15) is 0 Å². The molecule has 36 heavy (non-hydrogen) atoms. The SMILES string of the molecule is Cc1cc(F)ccc1OCC(=O)c1ccc2c(c1)N(Cc1ccc(C(=O)NCC(C)C)o1)C(=O)CO2. The fourth-order valence-corrected chi connectivity index (χ4v) is 3.68. The molecule has 8 nitrogen and oxygen atoms in total. The lowest BCUT2D eigenvalue weighted by molar-refractivity contribution is -0.121. The van der Waals surface area contributed by atoms with Crippen molar-refractivity contribution in [2.24, 2.45) is 5.92 Å². The molecule has 0 saturated carbocycles. The molecule has 1 N–H and O–H groups in total. The Morgan fingerprint density at radius 1 is 1.14 bits per heavy atom. The van der Waals surface area contributed by atoms with Gasteiger partial charge in [-0.25, -0.2) is 4.39 Å². The molecular formula is C27H27FN2O6. The second kappa shape index (κ2) is 10.6. The number of carbonyl (C=O) groups is 3. The third kappa shape index (κ3) is 5.73. The van der Waals surface area contributed by atoms with Gasteiger partial charge in [0.1, 0.15) is 23.1 Å².